The molecule has 7 heteroatoms. The van der Waals surface area contributed by atoms with E-state index in [0.29, 0.717) is 35.2 Å². The molecule has 41 heavy (non-hydrogen) atoms. The van der Waals surface area contributed by atoms with Gasteiger partial charge in [0.1, 0.15) is 11.3 Å². The zero-order valence-electron chi connectivity index (χ0n) is 24.8. The van der Waals surface area contributed by atoms with Gasteiger partial charge < -0.3 is 24.4 Å². The van der Waals surface area contributed by atoms with Crippen LogP contribution in [0.1, 0.15) is 70.8 Å². The van der Waals surface area contributed by atoms with Gasteiger partial charge >= 0.3 is 5.97 Å². The number of hydrogen-bond acceptors (Lipinski definition) is 7. The lowest BCUT2D eigenvalue weighted by Crippen LogP contribution is -2.60. The molecule has 1 aromatic rings. The topological polar surface area (TPSA) is 88.5 Å². The second kappa shape index (κ2) is 11.6. The van der Waals surface area contributed by atoms with Gasteiger partial charge in [-0.3, -0.25) is 4.90 Å². The number of carbonyl (C=O) groups excluding carboxylic acids is 1. The van der Waals surface area contributed by atoms with Crippen molar-refractivity contribution >= 4 is 5.97 Å². The van der Waals surface area contributed by atoms with E-state index in [2.05, 4.69) is 62.1 Å². The summed E-state index contributed by atoms with van der Waals surface area (Å²) in [7, 11) is 1.49. The van der Waals surface area contributed by atoms with Crippen molar-refractivity contribution < 1.29 is 29.2 Å². The van der Waals surface area contributed by atoms with Crippen LogP contribution in [-0.4, -0.2) is 59.5 Å². The Kier molecular flexibility index (Phi) is 8.05. The van der Waals surface area contributed by atoms with Gasteiger partial charge in [0.2, 0.25) is 5.76 Å². The Hall–Kier alpha value is -2.61. The van der Waals surface area contributed by atoms with Gasteiger partial charge in [0.15, 0.2) is 11.5 Å². The number of aliphatic hydroxyl groups excluding tert-OH is 2. The standard InChI is InChI=1S/C34H45NO6/c1-19(2)12-15-27(37)30-23-14-13-22(21-9-6-5-7-10-21)24(23)17-26-29-20(3)31(40-28(29)11-8-16-35(26)30)33-32(39-4)25(18-36)34(38)41-33/h5-7,9-11,19-20,22-24,26-27,29-30,36-37H,8,12-18H2,1-4H3. The van der Waals surface area contributed by atoms with Gasteiger partial charge in [0.05, 0.1) is 19.8 Å². The molecular formula is C34H45NO6. The number of cyclic esters (lactones) is 1. The van der Waals surface area contributed by atoms with Crippen LogP contribution in [0.5, 0.6) is 0 Å². The lowest BCUT2D eigenvalue weighted by molar-refractivity contribution is -0.133. The van der Waals surface area contributed by atoms with Crippen molar-refractivity contribution in [3.8, 4) is 0 Å². The van der Waals surface area contributed by atoms with Crippen molar-refractivity contribution in [2.75, 3.05) is 20.3 Å². The van der Waals surface area contributed by atoms with Crippen LogP contribution in [0.4, 0.5) is 0 Å². The Morgan fingerprint density at radius 2 is 1.88 bits per heavy atom. The Labute approximate surface area is 243 Å². The quantitative estimate of drug-likeness (QED) is 0.437. The van der Waals surface area contributed by atoms with E-state index in [0.717, 1.165) is 50.8 Å². The summed E-state index contributed by atoms with van der Waals surface area (Å²) in [5, 5.41) is 21.6. The molecule has 7 nitrogen and oxygen atoms in total. The van der Waals surface area contributed by atoms with Crippen LogP contribution in [-0.2, 0) is 19.0 Å². The lowest BCUT2D eigenvalue weighted by atomic mass is 9.68. The van der Waals surface area contributed by atoms with E-state index in [1.807, 2.05) is 0 Å². The van der Waals surface area contributed by atoms with Crippen LogP contribution < -0.4 is 0 Å². The smallest absolute Gasteiger partial charge is 0.345 e. The molecule has 0 spiro atoms. The minimum atomic E-state index is -0.587. The third kappa shape index (κ3) is 4.94. The molecule has 1 saturated carbocycles. The van der Waals surface area contributed by atoms with E-state index in [1.165, 1.54) is 12.7 Å². The summed E-state index contributed by atoms with van der Waals surface area (Å²) in [4.78, 5) is 15.1. The maximum absolute atomic E-state index is 12.5. The number of ether oxygens (including phenoxy) is 3. The number of aliphatic hydroxyl groups is 2. The minimum Gasteiger partial charge on any atom is -0.492 e. The fourth-order valence-corrected chi connectivity index (χ4v) is 8.66. The molecule has 222 valence electrons. The number of methoxy groups -OCH3 is 1. The van der Waals surface area contributed by atoms with Crippen LogP contribution in [0.2, 0.25) is 0 Å². The maximum atomic E-state index is 12.5. The predicted molar refractivity (Wildman–Crippen MR) is 155 cm³/mol. The van der Waals surface area contributed by atoms with Crippen LogP contribution in [0, 0.1) is 29.6 Å². The number of esters is 1. The highest BCUT2D eigenvalue weighted by atomic mass is 16.6. The predicted octanol–water partition coefficient (Wildman–Crippen LogP) is 5.27. The summed E-state index contributed by atoms with van der Waals surface area (Å²) >= 11 is 0. The molecule has 6 rings (SSSR count). The highest BCUT2D eigenvalue weighted by Crippen LogP contribution is 2.57. The van der Waals surface area contributed by atoms with E-state index in [1.54, 1.807) is 0 Å². The maximum Gasteiger partial charge on any atom is 0.345 e. The third-order valence-electron chi connectivity index (χ3n) is 10.5. The van der Waals surface area contributed by atoms with Crippen LogP contribution in [0.15, 0.2) is 65.0 Å². The molecule has 5 aliphatic rings. The number of allylic oxidation sites excluding steroid dienone is 1. The molecule has 2 saturated heterocycles. The van der Waals surface area contributed by atoms with Gasteiger partial charge in [0.25, 0.3) is 0 Å². The molecule has 4 heterocycles. The second-order valence-corrected chi connectivity index (χ2v) is 13.1. The van der Waals surface area contributed by atoms with E-state index in [9.17, 15) is 15.0 Å². The first-order valence-corrected chi connectivity index (χ1v) is 15.5. The average Bonchev–Trinajstić information content (AvgIpc) is 3.59. The Morgan fingerprint density at radius 1 is 1.10 bits per heavy atom. The number of rotatable bonds is 7. The van der Waals surface area contributed by atoms with Crippen LogP contribution in [0.25, 0.3) is 0 Å². The van der Waals surface area contributed by atoms with Gasteiger partial charge in [-0.05, 0) is 73.8 Å². The Bertz CT molecular complexity index is 1230. The van der Waals surface area contributed by atoms with Crippen LogP contribution in [0.3, 0.4) is 0 Å². The largest absolute Gasteiger partial charge is 0.492 e. The van der Waals surface area contributed by atoms with E-state index >= 15 is 0 Å². The zero-order chi connectivity index (χ0) is 28.8. The van der Waals surface area contributed by atoms with Crippen molar-refractivity contribution in [1.82, 2.24) is 4.90 Å². The summed E-state index contributed by atoms with van der Waals surface area (Å²) in [5.74, 6) is 3.50. The monoisotopic (exact) mass is 563 g/mol. The lowest BCUT2D eigenvalue weighted by Gasteiger charge is -2.52. The molecule has 1 aliphatic carbocycles. The Morgan fingerprint density at radius 3 is 2.59 bits per heavy atom. The molecule has 0 amide bonds. The normalized spacial score (nSPS) is 35.8. The molecule has 4 aliphatic heterocycles. The summed E-state index contributed by atoms with van der Waals surface area (Å²) in [5.41, 5.74) is 1.54. The summed E-state index contributed by atoms with van der Waals surface area (Å²) in [6.07, 6.45) is 7.86. The molecule has 0 bridgehead atoms. The average molecular weight is 564 g/mol. The number of benzene rings is 1. The number of nitrogens with zero attached hydrogens (tertiary/aromatic N) is 1. The van der Waals surface area contributed by atoms with Crippen molar-refractivity contribution in [3.63, 3.8) is 0 Å². The first-order chi connectivity index (χ1) is 19.8. The fraction of sp³-hybridized carbons (Fsp3) is 0.618. The third-order valence-corrected chi connectivity index (χ3v) is 10.5. The molecular weight excluding hydrogens is 518 g/mol. The Balaban J connectivity index is 1.38. The molecule has 1 aromatic carbocycles. The van der Waals surface area contributed by atoms with Gasteiger partial charge in [-0.1, -0.05) is 51.1 Å². The van der Waals surface area contributed by atoms with Gasteiger partial charge in [-0.2, -0.15) is 0 Å². The van der Waals surface area contributed by atoms with Crippen molar-refractivity contribution in [3.05, 3.63) is 70.6 Å². The number of carbonyl (C=O) groups is 1. The number of hydrogen-bond donors (Lipinski definition) is 2. The van der Waals surface area contributed by atoms with E-state index in [-0.39, 0.29) is 41.4 Å². The van der Waals surface area contributed by atoms with Gasteiger partial charge in [0, 0.05) is 30.5 Å². The molecule has 0 aromatic heterocycles. The molecule has 0 radical (unpaired) electrons. The van der Waals surface area contributed by atoms with E-state index < -0.39 is 12.6 Å². The van der Waals surface area contributed by atoms with Gasteiger partial charge in [-0.25, -0.2) is 4.79 Å². The minimum absolute atomic E-state index is 0.0561. The van der Waals surface area contributed by atoms with E-state index in [4.69, 9.17) is 14.2 Å². The molecule has 2 N–H and O–H groups in total. The summed E-state index contributed by atoms with van der Waals surface area (Å²) in [6, 6.07) is 11.2. The highest BCUT2D eigenvalue weighted by molar-refractivity contribution is 5.94. The zero-order valence-corrected chi connectivity index (χ0v) is 24.8. The van der Waals surface area contributed by atoms with Gasteiger partial charge in [-0.15, -0.1) is 0 Å². The SMILES string of the molecule is COC1=C(CO)C(=O)OC1=C1OC2=CCCN3C(CC4C(c5ccccc5)CCC4C3C(O)CCC(C)C)C2C1C. The fourth-order valence-electron chi connectivity index (χ4n) is 8.66. The number of fused-ring (bicyclic) bond motifs is 4. The second-order valence-electron chi connectivity index (χ2n) is 13.1. The summed E-state index contributed by atoms with van der Waals surface area (Å²) < 4.78 is 17.7. The molecule has 8 atom stereocenters. The van der Waals surface area contributed by atoms with Crippen molar-refractivity contribution in [2.24, 2.45) is 29.6 Å². The van der Waals surface area contributed by atoms with Crippen molar-refractivity contribution in [2.45, 2.75) is 83.4 Å². The summed E-state index contributed by atoms with van der Waals surface area (Å²) in [6.45, 7) is 7.07. The van der Waals surface area contributed by atoms with Crippen molar-refractivity contribution in [1.29, 1.82) is 0 Å². The highest BCUT2D eigenvalue weighted by Gasteiger charge is 2.56. The first kappa shape index (κ1) is 28.5. The number of piperidine rings is 1. The molecule has 8 unspecified atom stereocenters. The first-order valence-electron chi connectivity index (χ1n) is 15.5. The van der Waals surface area contributed by atoms with Crippen LogP contribution >= 0.6 is 0 Å². The molecule has 3 fully saturated rings.